The van der Waals surface area contributed by atoms with Crippen LogP contribution in [0.25, 0.3) is 0 Å². The van der Waals surface area contributed by atoms with Crippen molar-refractivity contribution in [1.29, 1.82) is 0 Å². The van der Waals surface area contributed by atoms with E-state index in [1.54, 1.807) is 6.92 Å². The smallest absolute Gasteiger partial charge is 0.223 e. The van der Waals surface area contributed by atoms with E-state index in [0.717, 1.165) is 25.0 Å². The van der Waals surface area contributed by atoms with Crippen LogP contribution in [0.4, 0.5) is 0 Å². The predicted octanol–water partition coefficient (Wildman–Crippen LogP) is 1.78. The number of nitrogens with one attached hydrogen (secondary N) is 1. The van der Waals surface area contributed by atoms with Gasteiger partial charge in [0.15, 0.2) is 0 Å². The largest absolute Gasteiger partial charge is 0.492 e. The van der Waals surface area contributed by atoms with Gasteiger partial charge in [-0.25, -0.2) is 0 Å². The van der Waals surface area contributed by atoms with E-state index in [1.807, 2.05) is 19.2 Å². The summed E-state index contributed by atoms with van der Waals surface area (Å²) in [5, 5.41) is 3.34. The Labute approximate surface area is 114 Å². The Bertz CT molecular complexity index is 459. The highest BCUT2D eigenvalue weighted by Gasteiger charge is 2.22. The predicted molar refractivity (Wildman–Crippen MR) is 75.0 cm³/mol. The molecule has 1 amide bonds. The summed E-state index contributed by atoms with van der Waals surface area (Å²) in [4.78, 5) is 11.0. The van der Waals surface area contributed by atoms with Crippen LogP contribution in [-0.2, 0) is 11.2 Å². The van der Waals surface area contributed by atoms with E-state index in [-0.39, 0.29) is 11.8 Å². The third-order valence-corrected chi connectivity index (χ3v) is 3.79. The summed E-state index contributed by atoms with van der Waals surface area (Å²) in [5.74, 6) is 0.308. The van der Waals surface area contributed by atoms with Crippen LogP contribution >= 0.6 is 0 Å². The molecule has 2 atom stereocenters. The quantitative estimate of drug-likeness (QED) is 0.850. The van der Waals surface area contributed by atoms with Gasteiger partial charge in [-0.2, -0.15) is 0 Å². The van der Waals surface area contributed by atoms with E-state index < -0.39 is 0 Å². The lowest BCUT2D eigenvalue weighted by Gasteiger charge is -2.27. The zero-order chi connectivity index (χ0) is 13.8. The standard InChI is InChI=1S/C15H22N2O2/c1-10(15(16)18)9-19-14-8-4-5-11-12(14)6-3-7-13(11)17-2/h4-5,8,10,13,17H,3,6-7,9H2,1-2H3,(H2,16,18). The summed E-state index contributed by atoms with van der Waals surface area (Å²) in [6.45, 7) is 2.13. The molecule has 0 saturated heterocycles. The monoisotopic (exact) mass is 262 g/mol. The van der Waals surface area contributed by atoms with Crippen LogP contribution in [0.2, 0.25) is 0 Å². The fourth-order valence-corrected chi connectivity index (χ4v) is 2.55. The molecule has 2 rings (SSSR count). The van der Waals surface area contributed by atoms with E-state index in [2.05, 4.69) is 11.4 Å². The highest BCUT2D eigenvalue weighted by atomic mass is 16.5. The van der Waals surface area contributed by atoms with Gasteiger partial charge in [-0.15, -0.1) is 0 Å². The zero-order valence-electron chi connectivity index (χ0n) is 11.6. The van der Waals surface area contributed by atoms with Gasteiger partial charge in [-0.05, 0) is 43.5 Å². The first-order valence-corrected chi connectivity index (χ1v) is 6.84. The number of fused-ring (bicyclic) bond motifs is 1. The van der Waals surface area contributed by atoms with Crippen molar-refractivity contribution < 1.29 is 9.53 Å². The zero-order valence-corrected chi connectivity index (χ0v) is 11.6. The SMILES string of the molecule is CNC1CCCc2c(OCC(C)C(N)=O)cccc21. The number of amides is 1. The van der Waals surface area contributed by atoms with Gasteiger partial charge in [0.05, 0.1) is 12.5 Å². The number of nitrogens with two attached hydrogens (primary N) is 1. The molecule has 0 bridgehead atoms. The molecule has 1 aliphatic carbocycles. The molecule has 0 heterocycles. The van der Waals surface area contributed by atoms with Crippen LogP contribution in [-0.4, -0.2) is 19.6 Å². The topological polar surface area (TPSA) is 64.3 Å². The Hall–Kier alpha value is -1.55. The maximum atomic E-state index is 11.0. The maximum Gasteiger partial charge on any atom is 0.223 e. The summed E-state index contributed by atoms with van der Waals surface area (Å²) < 4.78 is 5.79. The van der Waals surface area contributed by atoms with Crippen molar-refractivity contribution in [2.24, 2.45) is 11.7 Å². The molecular formula is C15H22N2O2. The highest BCUT2D eigenvalue weighted by molar-refractivity contribution is 5.76. The minimum absolute atomic E-state index is 0.264. The first-order valence-electron chi connectivity index (χ1n) is 6.84. The van der Waals surface area contributed by atoms with Crippen molar-refractivity contribution in [1.82, 2.24) is 5.32 Å². The number of carbonyl (C=O) groups excluding carboxylic acids is 1. The average Bonchev–Trinajstić information content (AvgIpc) is 2.43. The van der Waals surface area contributed by atoms with Crippen LogP contribution in [0.3, 0.4) is 0 Å². The van der Waals surface area contributed by atoms with Gasteiger partial charge in [0, 0.05) is 6.04 Å². The highest BCUT2D eigenvalue weighted by Crippen LogP contribution is 2.35. The van der Waals surface area contributed by atoms with Crippen molar-refractivity contribution in [3.63, 3.8) is 0 Å². The van der Waals surface area contributed by atoms with Crippen LogP contribution in [0, 0.1) is 5.92 Å². The third-order valence-electron chi connectivity index (χ3n) is 3.79. The van der Waals surface area contributed by atoms with Crippen LogP contribution in [0.15, 0.2) is 18.2 Å². The van der Waals surface area contributed by atoms with E-state index in [9.17, 15) is 4.79 Å². The van der Waals surface area contributed by atoms with Gasteiger partial charge in [-0.3, -0.25) is 4.79 Å². The number of rotatable bonds is 5. The lowest BCUT2D eigenvalue weighted by Crippen LogP contribution is -2.26. The van der Waals surface area contributed by atoms with Gasteiger partial charge in [0.25, 0.3) is 0 Å². The molecular weight excluding hydrogens is 240 g/mol. The van der Waals surface area contributed by atoms with E-state index in [1.165, 1.54) is 11.1 Å². The molecule has 0 spiro atoms. The lowest BCUT2D eigenvalue weighted by molar-refractivity contribution is -0.122. The Morgan fingerprint density at radius 2 is 2.37 bits per heavy atom. The summed E-state index contributed by atoms with van der Waals surface area (Å²) in [6, 6.07) is 6.55. The second-order valence-electron chi connectivity index (χ2n) is 5.17. The Kier molecular flexibility index (Phi) is 4.43. The molecule has 19 heavy (non-hydrogen) atoms. The van der Waals surface area contributed by atoms with Gasteiger partial charge in [-0.1, -0.05) is 19.1 Å². The molecule has 0 saturated carbocycles. The Balaban J connectivity index is 2.16. The molecule has 0 aliphatic heterocycles. The minimum atomic E-state index is -0.321. The van der Waals surface area contributed by atoms with Crippen molar-refractivity contribution in [3.8, 4) is 5.75 Å². The third kappa shape index (κ3) is 3.07. The van der Waals surface area contributed by atoms with Gasteiger partial charge in [0.2, 0.25) is 5.91 Å². The van der Waals surface area contributed by atoms with Gasteiger partial charge in [0.1, 0.15) is 5.75 Å². The molecule has 2 unspecified atom stereocenters. The fraction of sp³-hybridized carbons (Fsp3) is 0.533. The van der Waals surface area contributed by atoms with E-state index in [4.69, 9.17) is 10.5 Å². The second-order valence-corrected chi connectivity index (χ2v) is 5.17. The summed E-state index contributed by atoms with van der Waals surface area (Å²) in [7, 11) is 1.99. The van der Waals surface area contributed by atoms with Crippen molar-refractivity contribution >= 4 is 5.91 Å². The van der Waals surface area contributed by atoms with Crippen LogP contribution in [0.1, 0.15) is 36.9 Å². The number of benzene rings is 1. The Morgan fingerprint density at radius 3 is 3.05 bits per heavy atom. The van der Waals surface area contributed by atoms with Crippen molar-refractivity contribution in [2.75, 3.05) is 13.7 Å². The van der Waals surface area contributed by atoms with Gasteiger partial charge >= 0.3 is 0 Å². The summed E-state index contributed by atoms with van der Waals surface area (Å²) in [6.07, 6.45) is 3.35. The van der Waals surface area contributed by atoms with Crippen molar-refractivity contribution in [3.05, 3.63) is 29.3 Å². The minimum Gasteiger partial charge on any atom is -0.492 e. The summed E-state index contributed by atoms with van der Waals surface area (Å²) >= 11 is 0. The molecule has 1 aromatic rings. The maximum absolute atomic E-state index is 11.0. The number of primary amides is 1. The van der Waals surface area contributed by atoms with Crippen LogP contribution in [0.5, 0.6) is 5.75 Å². The van der Waals surface area contributed by atoms with Gasteiger partial charge < -0.3 is 15.8 Å². The molecule has 1 aliphatic rings. The van der Waals surface area contributed by atoms with E-state index in [0.29, 0.717) is 12.6 Å². The lowest BCUT2D eigenvalue weighted by atomic mass is 9.87. The molecule has 0 fully saturated rings. The molecule has 3 N–H and O–H groups in total. The number of ether oxygens (including phenoxy) is 1. The second kappa shape index (κ2) is 6.06. The molecule has 0 radical (unpaired) electrons. The average molecular weight is 262 g/mol. The summed E-state index contributed by atoms with van der Waals surface area (Å²) in [5.41, 5.74) is 7.84. The first-order chi connectivity index (χ1) is 9.13. The molecule has 4 nitrogen and oxygen atoms in total. The normalized spacial score (nSPS) is 19.6. The molecule has 1 aromatic carbocycles. The first kappa shape index (κ1) is 13.9. The molecule has 104 valence electrons. The van der Waals surface area contributed by atoms with E-state index >= 15 is 0 Å². The Morgan fingerprint density at radius 1 is 1.58 bits per heavy atom. The number of hydrogen-bond donors (Lipinski definition) is 2. The fourth-order valence-electron chi connectivity index (χ4n) is 2.55. The number of hydrogen-bond acceptors (Lipinski definition) is 3. The van der Waals surface area contributed by atoms with Crippen molar-refractivity contribution in [2.45, 2.75) is 32.2 Å². The molecule has 4 heteroatoms. The molecule has 0 aromatic heterocycles. The van der Waals surface area contributed by atoms with Crippen LogP contribution < -0.4 is 15.8 Å². The number of carbonyl (C=O) groups is 1.